The minimum absolute atomic E-state index is 0.0976. The van der Waals surface area contributed by atoms with Crippen molar-refractivity contribution in [3.8, 4) is 0 Å². The second kappa shape index (κ2) is 4.24. The van der Waals surface area contributed by atoms with Crippen molar-refractivity contribution in [2.24, 2.45) is 0 Å². The van der Waals surface area contributed by atoms with Crippen molar-refractivity contribution in [3.63, 3.8) is 0 Å². The molecule has 0 saturated carbocycles. The Hall–Kier alpha value is 0.140. The van der Waals surface area contributed by atoms with Crippen LogP contribution in [0, 0.1) is 0 Å². The van der Waals surface area contributed by atoms with Crippen LogP contribution in [-0.4, -0.2) is 5.11 Å². The van der Waals surface area contributed by atoms with Crippen molar-refractivity contribution in [3.05, 3.63) is 33.8 Å². The van der Waals surface area contributed by atoms with E-state index in [0.29, 0.717) is 0 Å². The summed E-state index contributed by atoms with van der Waals surface area (Å²) in [6.45, 7) is 0.0976. The molecule has 0 fully saturated rings. The molecule has 1 rings (SSSR count). The van der Waals surface area contributed by atoms with Gasteiger partial charge in [0.05, 0.1) is 6.61 Å². The van der Waals surface area contributed by atoms with Gasteiger partial charge in [-0.05, 0) is 23.3 Å². The number of aliphatic hydroxyl groups excluding tert-OH is 1. The molecule has 0 aliphatic rings. The van der Waals surface area contributed by atoms with Crippen LogP contribution >= 0.6 is 31.9 Å². The van der Waals surface area contributed by atoms with Gasteiger partial charge in [0.25, 0.3) is 0 Å². The lowest BCUT2D eigenvalue weighted by molar-refractivity contribution is 0.281. The summed E-state index contributed by atoms with van der Waals surface area (Å²) in [5.41, 5.74) is 2.10. The zero-order valence-corrected chi connectivity index (χ0v) is 9.02. The van der Waals surface area contributed by atoms with Crippen LogP contribution in [0.3, 0.4) is 0 Å². The van der Waals surface area contributed by atoms with Gasteiger partial charge in [-0.3, -0.25) is 0 Å². The van der Waals surface area contributed by atoms with E-state index >= 15 is 0 Å². The van der Waals surface area contributed by atoms with E-state index in [1.807, 2.05) is 18.2 Å². The molecule has 0 atom stereocenters. The van der Waals surface area contributed by atoms with E-state index in [4.69, 9.17) is 5.11 Å². The minimum Gasteiger partial charge on any atom is -0.392 e. The van der Waals surface area contributed by atoms with Crippen LogP contribution in [-0.2, 0) is 11.9 Å². The lowest BCUT2D eigenvalue weighted by Crippen LogP contribution is -1.90. The maximum atomic E-state index is 8.93. The van der Waals surface area contributed by atoms with E-state index in [1.165, 1.54) is 0 Å². The van der Waals surface area contributed by atoms with Gasteiger partial charge in [0.15, 0.2) is 0 Å². The molecular formula is C8H8Br2O. The summed E-state index contributed by atoms with van der Waals surface area (Å²) in [6.07, 6.45) is 0. The molecule has 1 aromatic carbocycles. The summed E-state index contributed by atoms with van der Waals surface area (Å²) in [5, 5.41) is 9.72. The summed E-state index contributed by atoms with van der Waals surface area (Å²) in [6, 6.07) is 5.89. The van der Waals surface area contributed by atoms with Crippen LogP contribution in [0.25, 0.3) is 0 Å². The molecule has 0 aliphatic heterocycles. The number of hydrogen-bond acceptors (Lipinski definition) is 1. The quantitative estimate of drug-likeness (QED) is 0.826. The third-order valence-corrected chi connectivity index (χ3v) is 2.58. The Morgan fingerprint density at radius 2 is 2.00 bits per heavy atom. The van der Waals surface area contributed by atoms with Gasteiger partial charge in [-0.25, -0.2) is 0 Å². The van der Waals surface area contributed by atoms with Crippen molar-refractivity contribution in [1.29, 1.82) is 0 Å². The van der Waals surface area contributed by atoms with E-state index in [-0.39, 0.29) is 6.61 Å². The monoisotopic (exact) mass is 278 g/mol. The molecule has 60 valence electrons. The molecule has 0 spiro atoms. The zero-order chi connectivity index (χ0) is 8.27. The second-order valence-electron chi connectivity index (χ2n) is 2.20. The molecule has 1 nitrogen and oxygen atoms in total. The maximum absolute atomic E-state index is 8.93. The van der Waals surface area contributed by atoms with E-state index in [0.717, 1.165) is 20.9 Å². The standard InChI is InChI=1S/C8H8Br2O/c9-4-6-1-2-8(10)3-7(6)5-11/h1-3,11H,4-5H2. The van der Waals surface area contributed by atoms with Gasteiger partial charge in [0.1, 0.15) is 0 Å². The predicted octanol–water partition coefficient (Wildman–Crippen LogP) is 2.84. The molecule has 1 aromatic rings. The molecule has 0 radical (unpaired) electrons. The van der Waals surface area contributed by atoms with Crippen LogP contribution in [0.15, 0.2) is 22.7 Å². The molecule has 0 saturated heterocycles. The first-order chi connectivity index (χ1) is 5.27. The van der Waals surface area contributed by atoms with E-state index in [2.05, 4.69) is 31.9 Å². The fourth-order valence-corrected chi connectivity index (χ4v) is 1.83. The predicted molar refractivity (Wildman–Crippen MR) is 52.7 cm³/mol. The Bertz CT molecular complexity index is 248. The van der Waals surface area contributed by atoms with Crippen molar-refractivity contribution >= 4 is 31.9 Å². The Morgan fingerprint density at radius 1 is 1.27 bits per heavy atom. The topological polar surface area (TPSA) is 20.2 Å². The van der Waals surface area contributed by atoms with Crippen LogP contribution in [0.5, 0.6) is 0 Å². The van der Waals surface area contributed by atoms with Gasteiger partial charge in [-0.1, -0.05) is 37.9 Å². The molecule has 0 aliphatic carbocycles. The smallest absolute Gasteiger partial charge is 0.0685 e. The second-order valence-corrected chi connectivity index (χ2v) is 3.68. The SMILES string of the molecule is OCc1cc(Br)ccc1CBr. The van der Waals surface area contributed by atoms with Crippen molar-refractivity contribution in [1.82, 2.24) is 0 Å². The van der Waals surface area contributed by atoms with Crippen LogP contribution in [0.2, 0.25) is 0 Å². The van der Waals surface area contributed by atoms with Crippen LogP contribution < -0.4 is 0 Å². The van der Waals surface area contributed by atoms with Gasteiger partial charge < -0.3 is 5.11 Å². The summed E-state index contributed by atoms with van der Waals surface area (Å²) < 4.78 is 1.01. The average molecular weight is 280 g/mol. The first kappa shape index (κ1) is 9.23. The Kier molecular flexibility index (Phi) is 3.55. The lowest BCUT2D eigenvalue weighted by atomic mass is 10.1. The lowest BCUT2D eigenvalue weighted by Gasteiger charge is -2.03. The molecule has 0 bridgehead atoms. The third kappa shape index (κ3) is 2.29. The highest BCUT2D eigenvalue weighted by atomic mass is 79.9. The van der Waals surface area contributed by atoms with Gasteiger partial charge in [-0.15, -0.1) is 0 Å². The Morgan fingerprint density at radius 3 is 2.55 bits per heavy atom. The molecule has 0 unspecified atom stereocenters. The Labute approximate surface area is 82.7 Å². The molecule has 0 aromatic heterocycles. The third-order valence-electron chi connectivity index (χ3n) is 1.48. The average Bonchev–Trinajstić information content (AvgIpc) is 2.04. The summed E-state index contributed by atoms with van der Waals surface area (Å²) in [5.74, 6) is 0. The van der Waals surface area contributed by atoms with Crippen molar-refractivity contribution < 1.29 is 5.11 Å². The van der Waals surface area contributed by atoms with Crippen LogP contribution in [0.4, 0.5) is 0 Å². The molecule has 0 heterocycles. The highest BCUT2D eigenvalue weighted by molar-refractivity contribution is 9.10. The highest BCUT2D eigenvalue weighted by Gasteiger charge is 1.99. The summed E-state index contributed by atoms with van der Waals surface area (Å²) in [4.78, 5) is 0. The highest BCUT2D eigenvalue weighted by Crippen LogP contribution is 2.18. The van der Waals surface area contributed by atoms with Gasteiger partial charge in [0.2, 0.25) is 0 Å². The largest absolute Gasteiger partial charge is 0.392 e. The first-order valence-electron chi connectivity index (χ1n) is 3.22. The molecule has 11 heavy (non-hydrogen) atoms. The summed E-state index contributed by atoms with van der Waals surface area (Å²) in [7, 11) is 0. The van der Waals surface area contributed by atoms with E-state index in [9.17, 15) is 0 Å². The zero-order valence-electron chi connectivity index (χ0n) is 5.85. The number of aliphatic hydroxyl groups is 1. The number of alkyl halides is 1. The molecule has 1 N–H and O–H groups in total. The van der Waals surface area contributed by atoms with Gasteiger partial charge >= 0.3 is 0 Å². The minimum atomic E-state index is 0.0976. The fraction of sp³-hybridized carbons (Fsp3) is 0.250. The Balaban J connectivity index is 3.06. The number of rotatable bonds is 2. The van der Waals surface area contributed by atoms with Crippen LogP contribution in [0.1, 0.15) is 11.1 Å². The van der Waals surface area contributed by atoms with Crippen molar-refractivity contribution in [2.75, 3.05) is 0 Å². The van der Waals surface area contributed by atoms with Gasteiger partial charge in [-0.2, -0.15) is 0 Å². The maximum Gasteiger partial charge on any atom is 0.0685 e. The number of benzene rings is 1. The van der Waals surface area contributed by atoms with Crippen molar-refractivity contribution in [2.45, 2.75) is 11.9 Å². The molecule has 0 amide bonds. The van der Waals surface area contributed by atoms with E-state index in [1.54, 1.807) is 0 Å². The molecular weight excluding hydrogens is 272 g/mol. The van der Waals surface area contributed by atoms with Gasteiger partial charge in [0, 0.05) is 9.80 Å². The first-order valence-corrected chi connectivity index (χ1v) is 5.13. The van der Waals surface area contributed by atoms with E-state index < -0.39 is 0 Å². The number of halogens is 2. The summed E-state index contributed by atoms with van der Waals surface area (Å²) >= 11 is 6.69. The fourth-order valence-electron chi connectivity index (χ4n) is 0.872. The molecule has 3 heteroatoms. The normalized spacial score (nSPS) is 10.1. The number of hydrogen-bond donors (Lipinski definition) is 1.